The van der Waals surface area contributed by atoms with Crippen molar-refractivity contribution >= 4 is 27.3 Å². The Labute approximate surface area is 176 Å². The second kappa shape index (κ2) is 9.86. The summed E-state index contributed by atoms with van der Waals surface area (Å²) in [6, 6.07) is 13.2. The molecule has 1 aliphatic rings. The first kappa shape index (κ1) is 22.0. The summed E-state index contributed by atoms with van der Waals surface area (Å²) >= 11 is 0. The van der Waals surface area contributed by atoms with Crippen molar-refractivity contribution in [2.45, 2.75) is 30.7 Å². The van der Waals surface area contributed by atoms with Gasteiger partial charge in [0, 0.05) is 30.8 Å². The van der Waals surface area contributed by atoms with E-state index in [4.69, 9.17) is 4.74 Å². The molecule has 0 aromatic heterocycles. The molecule has 2 aromatic carbocycles. The van der Waals surface area contributed by atoms with Gasteiger partial charge in [0.05, 0.1) is 17.3 Å². The first-order chi connectivity index (χ1) is 14.4. The van der Waals surface area contributed by atoms with Crippen molar-refractivity contribution in [3.63, 3.8) is 0 Å². The zero-order valence-electron chi connectivity index (χ0n) is 16.9. The van der Waals surface area contributed by atoms with Gasteiger partial charge < -0.3 is 15.4 Å². The predicted octanol–water partition coefficient (Wildman–Crippen LogP) is 2.78. The molecule has 3 rings (SSSR count). The van der Waals surface area contributed by atoms with E-state index in [0.29, 0.717) is 17.8 Å². The monoisotopic (exact) mass is 430 g/mol. The lowest BCUT2D eigenvalue weighted by molar-refractivity contribution is -0.122. The SMILES string of the molecule is COCCS(=O)(=O)c1ccc(C(=O)NCc2cccc(NC(=O)C3CCC3)c2)cc1. The Morgan fingerprint density at radius 1 is 1.10 bits per heavy atom. The highest BCUT2D eigenvalue weighted by Gasteiger charge is 2.25. The number of benzene rings is 2. The van der Waals surface area contributed by atoms with Crippen LogP contribution in [0.1, 0.15) is 35.2 Å². The van der Waals surface area contributed by atoms with Crippen LogP contribution in [0, 0.1) is 5.92 Å². The highest BCUT2D eigenvalue weighted by atomic mass is 32.2. The van der Waals surface area contributed by atoms with Crippen LogP contribution in [0.2, 0.25) is 0 Å². The molecule has 2 aromatic rings. The minimum absolute atomic E-state index is 0.0444. The first-order valence-electron chi connectivity index (χ1n) is 9.89. The van der Waals surface area contributed by atoms with Crippen LogP contribution in [0.15, 0.2) is 53.4 Å². The molecule has 0 radical (unpaired) electrons. The number of nitrogens with one attached hydrogen (secondary N) is 2. The maximum Gasteiger partial charge on any atom is 0.251 e. The van der Waals surface area contributed by atoms with Crippen LogP contribution in [0.5, 0.6) is 0 Å². The normalized spacial score (nSPS) is 14.0. The van der Waals surface area contributed by atoms with Crippen molar-refractivity contribution in [1.29, 1.82) is 0 Å². The Bertz CT molecular complexity index is 998. The molecular formula is C22H26N2O5S. The summed E-state index contributed by atoms with van der Waals surface area (Å²) in [5, 5.41) is 5.73. The minimum Gasteiger partial charge on any atom is -0.384 e. The van der Waals surface area contributed by atoms with E-state index < -0.39 is 9.84 Å². The van der Waals surface area contributed by atoms with Crippen molar-refractivity contribution in [2.24, 2.45) is 5.92 Å². The number of rotatable bonds is 9. The molecule has 8 heteroatoms. The first-order valence-corrected chi connectivity index (χ1v) is 11.5. The van der Waals surface area contributed by atoms with Crippen LogP contribution in [0.25, 0.3) is 0 Å². The van der Waals surface area contributed by atoms with Gasteiger partial charge in [0.2, 0.25) is 5.91 Å². The van der Waals surface area contributed by atoms with Gasteiger partial charge in [-0.1, -0.05) is 18.6 Å². The Kier molecular flexibility index (Phi) is 7.23. The van der Waals surface area contributed by atoms with Gasteiger partial charge >= 0.3 is 0 Å². The van der Waals surface area contributed by atoms with E-state index in [1.807, 2.05) is 24.3 Å². The molecule has 30 heavy (non-hydrogen) atoms. The Hall–Kier alpha value is -2.71. The number of carbonyl (C=O) groups is 2. The summed E-state index contributed by atoms with van der Waals surface area (Å²) in [4.78, 5) is 24.6. The summed E-state index contributed by atoms with van der Waals surface area (Å²) in [5.41, 5.74) is 1.94. The van der Waals surface area contributed by atoms with Crippen LogP contribution >= 0.6 is 0 Å². The van der Waals surface area contributed by atoms with Crippen LogP contribution in [0.4, 0.5) is 5.69 Å². The fourth-order valence-corrected chi connectivity index (χ4v) is 4.26. The largest absolute Gasteiger partial charge is 0.384 e. The third kappa shape index (κ3) is 5.67. The number of methoxy groups -OCH3 is 1. The van der Waals surface area contributed by atoms with E-state index in [9.17, 15) is 18.0 Å². The zero-order valence-corrected chi connectivity index (χ0v) is 17.7. The van der Waals surface area contributed by atoms with Crippen molar-refractivity contribution in [1.82, 2.24) is 5.32 Å². The van der Waals surface area contributed by atoms with Crippen molar-refractivity contribution in [3.05, 3.63) is 59.7 Å². The minimum atomic E-state index is -3.43. The second-order valence-corrected chi connectivity index (χ2v) is 9.45. The van der Waals surface area contributed by atoms with Crippen LogP contribution in [-0.4, -0.2) is 39.7 Å². The van der Waals surface area contributed by atoms with Gasteiger partial charge in [0.25, 0.3) is 5.91 Å². The summed E-state index contributed by atoms with van der Waals surface area (Å²) in [5.74, 6) is -0.264. The number of carbonyl (C=O) groups excluding carboxylic acids is 2. The maximum absolute atomic E-state index is 12.4. The molecule has 2 amide bonds. The molecule has 0 spiro atoms. The average Bonchev–Trinajstić information content (AvgIpc) is 2.69. The quantitative estimate of drug-likeness (QED) is 0.637. The number of anilines is 1. The van der Waals surface area contributed by atoms with Crippen LogP contribution < -0.4 is 10.6 Å². The van der Waals surface area contributed by atoms with E-state index in [2.05, 4.69) is 10.6 Å². The van der Waals surface area contributed by atoms with Gasteiger partial charge in [-0.15, -0.1) is 0 Å². The van der Waals surface area contributed by atoms with Gasteiger partial charge in [0.1, 0.15) is 0 Å². The molecule has 2 N–H and O–H groups in total. The second-order valence-electron chi connectivity index (χ2n) is 7.34. The number of hydrogen-bond donors (Lipinski definition) is 2. The van der Waals surface area contributed by atoms with E-state index in [1.165, 1.54) is 31.4 Å². The third-order valence-electron chi connectivity index (χ3n) is 5.16. The lowest BCUT2D eigenvalue weighted by Crippen LogP contribution is -2.28. The molecule has 160 valence electrons. The lowest BCUT2D eigenvalue weighted by atomic mass is 9.85. The number of hydrogen-bond acceptors (Lipinski definition) is 5. The molecule has 7 nitrogen and oxygen atoms in total. The summed E-state index contributed by atoms with van der Waals surface area (Å²) in [6.45, 7) is 0.407. The summed E-state index contributed by atoms with van der Waals surface area (Å²) < 4.78 is 29.1. The molecule has 0 atom stereocenters. The van der Waals surface area contributed by atoms with E-state index in [-0.39, 0.29) is 35.0 Å². The molecule has 0 heterocycles. The van der Waals surface area contributed by atoms with E-state index in [0.717, 1.165) is 24.8 Å². The fraction of sp³-hybridized carbons (Fsp3) is 0.364. The van der Waals surface area contributed by atoms with Gasteiger partial charge in [-0.05, 0) is 54.8 Å². The molecule has 1 aliphatic carbocycles. The van der Waals surface area contributed by atoms with E-state index >= 15 is 0 Å². The summed E-state index contributed by atoms with van der Waals surface area (Å²) in [7, 11) is -1.98. The fourth-order valence-electron chi connectivity index (χ4n) is 3.08. The average molecular weight is 431 g/mol. The molecule has 0 bridgehead atoms. The Morgan fingerprint density at radius 3 is 2.47 bits per heavy atom. The van der Waals surface area contributed by atoms with Gasteiger partial charge in [0.15, 0.2) is 9.84 Å². The predicted molar refractivity (Wildman–Crippen MR) is 114 cm³/mol. The summed E-state index contributed by atoms with van der Waals surface area (Å²) in [6.07, 6.45) is 2.98. The van der Waals surface area contributed by atoms with Crippen LogP contribution in [-0.2, 0) is 25.9 Å². The van der Waals surface area contributed by atoms with E-state index in [1.54, 1.807) is 0 Å². The van der Waals surface area contributed by atoms with Gasteiger partial charge in [-0.3, -0.25) is 9.59 Å². The van der Waals surface area contributed by atoms with Crippen molar-refractivity contribution in [3.8, 4) is 0 Å². The maximum atomic E-state index is 12.4. The molecular weight excluding hydrogens is 404 g/mol. The highest BCUT2D eigenvalue weighted by molar-refractivity contribution is 7.91. The zero-order chi connectivity index (χ0) is 21.6. The third-order valence-corrected chi connectivity index (χ3v) is 6.85. The highest BCUT2D eigenvalue weighted by Crippen LogP contribution is 2.27. The molecule has 0 saturated heterocycles. The number of ether oxygens (including phenoxy) is 1. The molecule has 1 fully saturated rings. The lowest BCUT2D eigenvalue weighted by Gasteiger charge is -2.24. The number of amides is 2. The topological polar surface area (TPSA) is 102 Å². The Morgan fingerprint density at radius 2 is 1.83 bits per heavy atom. The van der Waals surface area contributed by atoms with Gasteiger partial charge in [-0.2, -0.15) is 0 Å². The van der Waals surface area contributed by atoms with Gasteiger partial charge in [-0.25, -0.2) is 8.42 Å². The van der Waals surface area contributed by atoms with Crippen LogP contribution in [0.3, 0.4) is 0 Å². The molecule has 0 aliphatic heterocycles. The smallest absolute Gasteiger partial charge is 0.251 e. The Balaban J connectivity index is 1.56. The van der Waals surface area contributed by atoms with Crippen molar-refractivity contribution < 1.29 is 22.7 Å². The molecule has 0 unspecified atom stereocenters. The van der Waals surface area contributed by atoms with Crippen molar-refractivity contribution in [2.75, 3.05) is 24.8 Å². The number of sulfone groups is 1. The molecule has 1 saturated carbocycles. The standard InChI is InChI=1S/C22H26N2O5S/c1-29-12-13-30(27,28)20-10-8-18(9-11-20)21(25)23-15-16-4-2-7-19(14-16)24-22(26)17-5-3-6-17/h2,4,7-11,14,17H,3,5-6,12-13,15H2,1H3,(H,23,25)(H,24,26).